The zero-order valence-corrected chi connectivity index (χ0v) is 9.76. The van der Waals surface area contributed by atoms with Crippen LogP contribution in [0.5, 0.6) is 0 Å². The van der Waals surface area contributed by atoms with E-state index in [1.54, 1.807) is 0 Å². The molecular weight excluding hydrogens is 228 g/mol. The van der Waals surface area contributed by atoms with Crippen molar-refractivity contribution < 1.29 is 4.74 Å². The Labute approximate surface area is 89.4 Å². The van der Waals surface area contributed by atoms with Crippen LogP contribution in [0, 0.1) is 5.92 Å². The second-order valence-corrected chi connectivity index (χ2v) is 5.60. The van der Waals surface area contributed by atoms with Crippen molar-refractivity contribution in [1.29, 1.82) is 0 Å². The predicted octanol–water partition coefficient (Wildman–Crippen LogP) is 3.51. The van der Waals surface area contributed by atoms with Gasteiger partial charge in [0, 0.05) is 11.4 Å². The van der Waals surface area contributed by atoms with E-state index >= 15 is 0 Å². The maximum absolute atomic E-state index is 5.60. The summed E-state index contributed by atoms with van der Waals surface area (Å²) in [6.07, 6.45) is 10.1. The molecule has 0 aromatic rings. The highest BCUT2D eigenvalue weighted by molar-refractivity contribution is 9.09. The van der Waals surface area contributed by atoms with Crippen LogP contribution >= 0.6 is 15.9 Å². The predicted molar refractivity (Wildman–Crippen MR) is 58.3 cm³/mol. The van der Waals surface area contributed by atoms with Crippen molar-refractivity contribution in [3.63, 3.8) is 0 Å². The second kappa shape index (κ2) is 4.79. The minimum absolute atomic E-state index is 0.596. The third-order valence-electron chi connectivity index (χ3n) is 3.16. The molecule has 1 nitrogen and oxygen atoms in total. The number of halogens is 1. The summed E-state index contributed by atoms with van der Waals surface area (Å²) < 4.78 is 5.60. The summed E-state index contributed by atoms with van der Waals surface area (Å²) >= 11 is 3.77. The Hall–Kier alpha value is 0.440. The first-order valence-electron chi connectivity index (χ1n) is 5.62. The molecule has 2 atom stereocenters. The Balaban J connectivity index is 1.52. The van der Waals surface area contributed by atoms with Crippen molar-refractivity contribution in [2.45, 2.75) is 55.9 Å². The van der Waals surface area contributed by atoms with E-state index in [2.05, 4.69) is 15.9 Å². The maximum atomic E-state index is 5.60. The van der Waals surface area contributed by atoms with E-state index in [9.17, 15) is 0 Å². The Bertz CT molecular complexity index is 148. The van der Waals surface area contributed by atoms with Crippen LogP contribution in [0.15, 0.2) is 0 Å². The van der Waals surface area contributed by atoms with E-state index in [1.807, 2.05) is 0 Å². The van der Waals surface area contributed by atoms with Crippen LogP contribution in [0.3, 0.4) is 0 Å². The molecule has 2 aliphatic rings. The molecule has 1 saturated heterocycles. The number of rotatable bonds is 5. The Kier molecular flexibility index (Phi) is 3.67. The first-order chi connectivity index (χ1) is 6.36. The second-order valence-electron chi connectivity index (χ2n) is 4.42. The molecule has 0 aromatic heterocycles. The molecule has 2 heteroatoms. The third kappa shape index (κ3) is 3.25. The minimum Gasteiger partial charge on any atom is -0.378 e. The van der Waals surface area contributed by atoms with Crippen LogP contribution in [-0.2, 0) is 4.74 Å². The van der Waals surface area contributed by atoms with E-state index in [0.717, 1.165) is 17.4 Å². The van der Waals surface area contributed by atoms with Gasteiger partial charge in [0.05, 0.1) is 6.10 Å². The van der Waals surface area contributed by atoms with Gasteiger partial charge in [0.25, 0.3) is 0 Å². The van der Waals surface area contributed by atoms with Crippen molar-refractivity contribution in [3.8, 4) is 0 Å². The zero-order chi connectivity index (χ0) is 9.10. The lowest BCUT2D eigenvalue weighted by molar-refractivity contribution is 0.102. The molecule has 0 spiro atoms. The molecule has 76 valence electrons. The van der Waals surface area contributed by atoms with Crippen LogP contribution in [0.2, 0.25) is 0 Å². The van der Waals surface area contributed by atoms with E-state index < -0.39 is 0 Å². The number of hydrogen-bond acceptors (Lipinski definition) is 1. The summed E-state index contributed by atoms with van der Waals surface area (Å²) in [4.78, 5) is 0.800. The van der Waals surface area contributed by atoms with Gasteiger partial charge in [0.1, 0.15) is 0 Å². The van der Waals surface area contributed by atoms with Crippen LogP contribution in [0.4, 0.5) is 0 Å². The number of ether oxygens (including phenoxy) is 1. The van der Waals surface area contributed by atoms with Crippen molar-refractivity contribution in [1.82, 2.24) is 0 Å². The molecule has 1 heterocycles. The lowest BCUT2D eigenvalue weighted by atomic mass is 10.1. The fourth-order valence-electron chi connectivity index (χ4n) is 2.11. The SMILES string of the molecule is BrC(CCCC1CCCO1)C1CC1. The highest BCUT2D eigenvalue weighted by Gasteiger charge is 2.28. The molecule has 0 bridgehead atoms. The fourth-order valence-corrected chi connectivity index (χ4v) is 2.96. The first kappa shape index (κ1) is 9.97. The summed E-state index contributed by atoms with van der Waals surface area (Å²) in [7, 11) is 0. The average molecular weight is 247 g/mol. The Morgan fingerprint density at radius 1 is 1.31 bits per heavy atom. The van der Waals surface area contributed by atoms with Crippen molar-refractivity contribution in [2.24, 2.45) is 5.92 Å². The molecule has 1 aliphatic heterocycles. The highest BCUT2D eigenvalue weighted by atomic mass is 79.9. The van der Waals surface area contributed by atoms with Gasteiger partial charge >= 0.3 is 0 Å². The Morgan fingerprint density at radius 3 is 2.77 bits per heavy atom. The van der Waals surface area contributed by atoms with E-state index in [0.29, 0.717) is 6.10 Å². The molecule has 2 rings (SSSR count). The molecule has 0 amide bonds. The summed E-state index contributed by atoms with van der Waals surface area (Å²) in [5, 5.41) is 0. The summed E-state index contributed by atoms with van der Waals surface area (Å²) in [5.41, 5.74) is 0. The lowest BCUT2D eigenvalue weighted by Gasteiger charge is -2.11. The summed E-state index contributed by atoms with van der Waals surface area (Å²) in [5.74, 6) is 1.00. The standard InChI is InChI=1S/C11H19BrO/c12-11(9-6-7-9)5-1-3-10-4-2-8-13-10/h9-11H,1-8H2. The maximum Gasteiger partial charge on any atom is 0.0576 e. The molecule has 0 aromatic carbocycles. The van der Waals surface area contributed by atoms with Gasteiger partial charge in [0.15, 0.2) is 0 Å². The molecule has 1 saturated carbocycles. The topological polar surface area (TPSA) is 9.23 Å². The van der Waals surface area contributed by atoms with Gasteiger partial charge in [-0.25, -0.2) is 0 Å². The van der Waals surface area contributed by atoms with E-state index in [-0.39, 0.29) is 0 Å². The van der Waals surface area contributed by atoms with Crippen LogP contribution in [0.25, 0.3) is 0 Å². The van der Waals surface area contributed by atoms with E-state index in [1.165, 1.54) is 44.9 Å². The van der Waals surface area contributed by atoms with Gasteiger partial charge in [-0.15, -0.1) is 0 Å². The van der Waals surface area contributed by atoms with Gasteiger partial charge in [-0.05, 0) is 50.9 Å². The van der Waals surface area contributed by atoms with Gasteiger partial charge in [-0.3, -0.25) is 0 Å². The summed E-state index contributed by atoms with van der Waals surface area (Å²) in [6.45, 7) is 1.00. The number of hydrogen-bond donors (Lipinski definition) is 0. The Morgan fingerprint density at radius 2 is 2.15 bits per heavy atom. The first-order valence-corrected chi connectivity index (χ1v) is 6.53. The zero-order valence-electron chi connectivity index (χ0n) is 8.18. The van der Waals surface area contributed by atoms with Crippen LogP contribution in [-0.4, -0.2) is 17.5 Å². The molecule has 13 heavy (non-hydrogen) atoms. The average Bonchev–Trinajstić information content (AvgIpc) is 2.86. The van der Waals surface area contributed by atoms with Crippen LogP contribution in [0.1, 0.15) is 44.9 Å². The largest absolute Gasteiger partial charge is 0.378 e. The normalized spacial score (nSPS) is 30.7. The van der Waals surface area contributed by atoms with Crippen LogP contribution < -0.4 is 0 Å². The monoisotopic (exact) mass is 246 g/mol. The smallest absolute Gasteiger partial charge is 0.0576 e. The lowest BCUT2D eigenvalue weighted by Crippen LogP contribution is -2.07. The highest BCUT2D eigenvalue weighted by Crippen LogP contribution is 2.39. The van der Waals surface area contributed by atoms with Gasteiger partial charge in [-0.1, -0.05) is 15.9 Å². The van der Waals surface area contributed by atoms with Gasteiger partial charge in [0.2, 0.25) is 0 Å². The van der Waals surface area contributed by atoms with Gasteiger partial charge < -0.3 is 4.74 Å². The quantitative estimate of drug-likeness (QED) is 0.675. The van der Waals surface area contributed by atoms with E-state index in [4.69, 9.17) is 4.74 Å². The third-order valence-corrected chi connectivity index (χ3v) is 4.37. The molecule has 0 N–H and O–H groups in total. The van der Waals surface area contributed by atoms with Crippen molar-refractivity contribution >= 4 is 15.9 Å². The molecule has 1 aliphatic carbocycles. The molecule has 2 unspecified atom stereocenters. The van der Waals surface area contributed by atoms with Crippen molar-refractivity contribution in [3.05, 3.63) is 0 Å². The minimum atomic E-state index is 0.596. The van der Waals surface area contributed by atoms with Gasteiger partial charge in [-0.2, -0.15) is 0 Å². The molecular formula is C11H19BrO. The number of alkyl halides is 1. The molecule has 0 radical (unpaired) electrons. The summed E-state index contributed by atoms with van der Waals surface area (Å²) in [6, 6.07) is 0. The van der Waals surface area contributed by atoms with Crippen molar-refractivity contribution in [2.75, 3.05) is 6.61 Å². The molecule has 2 fully saturated rings. The fraction of sp³-hybridized carbons (Fsp3) is 1.00.